The van der Waals surface area contributed by atoms with Gasteiger partial charge in [-0.2, -0.15) is 0 Å². The van der Waals surface area contributed by atoms with Crippen molar-refractivity contribution in [1.82, 2.24) is 4.98 Å². The van der Waals surface area contributed by atoms with Crippen LogP contribution in [0.5, 0.6) is 11.5 Å². The number of anilines is 3. The van der Waals surface area contributed by atoms with Gasteiger partial charge in [-0.15, -0.1) is 0 Å². The average molecular weight is 391 g/mol. The van der Waals surface area contributed by atoms with Crippen LogP contribution in [-0.4, -0.2) is 30.9 Å². The Morgan fingerprint density at radius 2 is 1.72 bits per heavy atom. The lowest BCUT2D eigenvalue weighted by Crippen LogP contribution is -2.14. The topological polar surface area (TPSA) is 89.6 Å². The van der Waals surface area contributed by atoms with Crippen LogP contribution in [0.1, 0.15) is 27.8 Å². The Kier molecular flexibility index (Phi) is 6.09. The molecule has 0 saturated heterocycles. The molecule has 2 aromatic carbocycles. The van der Waals surface area contributed by atoms with Gasteiger partial charge >= 0.3 is 0 Å². The highest BCUT2D eigenvalue weighted by atomic mass is 16.5. The summed E-state index contributed by atoms with van der Waals surface area (Å²) in [5, 5.41) is 5.97. The van der Waals surface area contributed by atoms with E-state index in [4.69, 9.17) is 9.47 Å². The Morgan fingerprint density at radius 3 is 2.45 bits per heavy atom. The Bertz CT molecular complexity index is 1050. The lowest BCUT2D eigenvalue weighted by molar-refractivity contribution is 0.101. The maximum absolute atomic E-state index is 12.7. The first-order chi connectivity index (χ1) is 14.0. The summed E-state index contributed by atoms with van der Waals surface area (Å²) in [6, 6.07) is 15.6. The van der Waals surface area contributed by atoms with E-state index in [1.807, 2.05) is 6.07 Å². The number of pyridine rings is 1. The van der Waals surface area contributed by atoms with Crippen molar-refractivity contribution in [3.8, 4) is 11.5 Å². The Morgan fingerprint density at radius 1 is 0.931 bits per heavy atom. The fraction of sp³-hybridized carbons (Fsp3) is 0.136. The second kappa shape index (κ2) is 8.88. The first-order valence-corrected chi connectivity index (χ1v) is 8.87. The van der Waals surface area contributed by atoms with Crippen LogP contribution in [0.15, 0.2) is 60.8 Å². The van der Waals surface area contributed by atoms with E-state index in [-0.39, 0.29) is 17.4 Å². The maximum atomic E-state index is 12.7. The third-order valence-electron chi connectivity index (χ3n) is 4.21. The van der Waals surface area contributed by atoms with Crippen molar-refractivity contribution in [3.63, 3.8) is 0 Å². The number of carbonyl (C=O) groups is 2. The lowest BCUT2D eigenvalue weighted by Gasteiger charge is -2.12. The predicted octanol–water partition coefficient (Wildman–Crippen LogP) is 4.30. The highest BCUT2D eigenvalue weighted by molar-refractivity contribution is 6.04. The summed E-state index contributed by atoms with van der Waals surface area (Å²) in [5.41, 5.74) is 2.76. The molecule has 0 bridgehead atoms. The second-order valence-electron chi connectivity index (χ2n) is 6.21. The summed E-state index contributed by atoms with van der Waals surface area (Å²) >= 11 is 0. The molecule has 148 valence electrons. The van der Waals surface area contributed by atoms with Gasteiger partial charge in [-0.05, 0) is 43.3 Å². The SMILES string of the molecule is COc1ccc(NC(=O)c2cc(Nc3cccc(C(C)=O)c3)ccn2)c(OC)c1. The maximum Gasteiger partial charge on any atom is 0.274 e. The van der Waals surface area contributed by atoms with Crippen molar-refractivity contribution >= 4 is 28.8 Å². The summed E-state index contributed by atoms with van der Waals surface area (Å²) < 4.78 is 10.5. The number of ketones is 1. The van der Waals surface area contributed by atoms with E-state index in [1.165, 1.54) is 20.2 Å². The molecular weight excluding hydrogens is 370 g/mol. The molecule has 0 saturated carbocycles. The van der Waals surface area contributed by atoms with Crippen LogP contribution in [0.2, 0.25) is 0 Å². The molecular formula is C22H21N3O4. The van der Waals surface area contributed by atoms with E-state index in [0.29, 0.717) is 28.4 Å². The normalized spacial score (nSPS) is 10.2. The fourth-order valence-corrected chi connectivity index (χ4v) is 2.70. The number of hydrogen-bond acceptors (Lipinski definition) is 6. The first kappa shape index (κ1) is 19.9. The van der Waals surface area contributed by atoms with Gasteiger partial charge < -0.3 is 20.1 Å². The minimum atomic E-state index is -0.380. The molecule has 0 aliphatic rings. The molecule has 0 atom stereocenters. The molecule has 3 aromatic rings. The minimum absolute atomic E-state index is 0.0168. The quantitative estimate of drug-likeness (QED) is 0.584. The lowest BCUT2D eigenvalue weighted by atomic mass is 10.1. The van der Waals surface area contributed by atoms with Gasteiger partial charge in [-0.25, -0.2) is 0 Å². The number of hydrogen-bond donors (Lipinski definition) is 2. The molecule has 0 fully saturated rings. The molecule has 0 radical (unpaired) electrons. The molecule has 0 aliphatic carbocycles. The molecule has 0 aliphatic heterocycles. The molecule has 3 rings (SSSR count). The van der Waals surface area contributed by atoms with E-state index < -0.39 is 0 Å². The van der Waals surface area contributed by atoms with E-state index in [2.05, 4.69) is 15.6 Å². The van der Waals surface area contributed by atoms with Crippen molar-refractivity contribution < 1.29 is 19.1 Å². The number of aromatic nitrogens is 1. The molecule has 7 nitrogen and oxygen atoms in total. The van der Waals surface area contributed by atoms with Gasteiger partial charge in [0.25, 0.3) is 5.91 Å². The first-order valence-electron chi connectivity index (χ1n) is 8.87. The summed E-state index contributed by atoms with van der Waals surface area (Å²) in [7, 11) is 3.07. The van der Waals surface area contributed by atoms with Crippen molar-refractivity contribution in [3.05, 3.63) is 72.1 Å². The molecule has 1 heterocycles. The number of amides is 1. The van der Waals surface area contributed by atoms with Gasteiger partial charge in [0.1, 0.15) is 17.2 Å². The smallest absolute Gasteiger partial charge is 0.274 e. The summed E-state index contributed by atoms with van der Waals surface area (Å²) in [4.78, 5) is 28.3. The summed E-state index contributed by atoms with van der Waals surface area (Å²) in [6.07, 6.45) is 1.54. The number of nitrogens with zero attached hydrogens (tertiary/aromatic N) is 1. The van der Waals surface area contributed by atoms with Crippen LogP contribution in [0.4, 0.5) is 17.1 Å². The highest BCUT2D eigenvalue weighted by Crippen LogP contribution is 2.29. The number of ether oxygens (including phenoxy) is 2. The number of methoxy groups -OCH3 is 2. The van der Waals surface area contributed by atoms with E-state index >= 15 is 0 Å². The van der Waals surface area contributed by atoms with Crippen LogP contribution < -0.4 is 20.1 Å². The number of rotatable bonds is 7. The Labute approximate surface area is 168 Å². The van der Waals surface area contributed by atoms with Gasteiger partial charge in [-0.1, -0.05) is 12.1 Å². The Balaban J connectivity index is 1.78. The van der Waals surface area contributed by atoms with Crippen LogP contribution >= 0.6 is 0 Å². The van der Waals surface area contributed by atoms with Gasteiger partial charge in [0.2, 0.25) is 0 Å². The fourth-order valence-electron chi connectivity index (χ4n) is 2.70. The minimum Gasteiger partial charge on any atom is -0.497 e. The largest absolute Gasteiger partial charge is 0.497 e. The molecule has 7 heteroatoms. The monoisotopic (exact) mass is 391 g/mol. The number of benzene rings is 2. The van der Waals surface area contributed by atoms with Crippen LogP contribution in [0, 0.1) is 0 Å². The van der Waals surface area contributed by atoms with Crippen molar-refractivity contribution in [1.29, 1.82) is 0 Å². The molecule has 29 heavy (non-hydrogen) atoms. The van der Waals surface area contributed by atoms with E-state index in [9.17, 15) is 9.59 Å². The highest BCUT2D eigenvalue weighted by Gasteiger charge is 2.13. The third-order valence-corrected chi connectivity index (χ3v) is 4.21. The van der Waals surface area contributed by atoms with Crippen LogP contribution in [0.25, 0.3) is 0 Å². The number of Topliss-reactive ketones (excluding diaryl/α,β-unsaturated/α-hetero) is 1. The van der Waals surface area contributed by atoms with Gasteiger partial charge in [0, 0.05) is 29.2 Å². The standard InChI is InChI=1S/C22H21N3O4/c1-14(26)15-5-4-6-16(11-15)24-17-9-10-23-20(12-17)22(27)25-19-8-7-18(28-2)13-21(19)29-3/h4-13H,1-3H3,(H,23,24)(H,25,27). The average Bonchev–Trinajstić information content (AvgIpc) is 2.74. The zero-order valence-corrected chi connectivity index (χ0v) is 16.4. The molecule has 0 unspecified atom stereocenters. The summed E-state index contributed by atoms with van der Waals surface area (Å²) in [6.45, 7) is 1.52. The summed E-state index contributed by atoms with van der Waals surface area (Å²) in [5.74, 6) is 0.705. The van der Waals surface area contributed by atoms with Crippen LogP contribution in [-0.2, 0) is 0 Å². The number of nitrogens with one attached hydrogen (secondary N) is 2. The Hall–Kier alpha value is -3.87. The zero-order chi connectivity index (χ0) is 20.8. The van der Waals surface area contributed by atoms with Gasteiger partial charge in [0.15, 0.2) is 5.78 Å². The van der Waals surface area contributed by atoms with Crippen molar-refractivity contribution in [2.75, 3.05) is 24.9 Å². The van der Waals surface area contributed by atoms with Gasteiger partial charge in [0.05, 0.1) is 19.9 Å². The van der Waals surface area contributed by atoms with Crippen molar-refractivity contribution in [2.24, 2.45) is 0 Å². The molecule has 1 aromatic heterocycles. The van der Waals surface area contributed by atoms with E-state index in [0.717, 1.165) is 5.69 Å². The van der Waals surface area contributed by atoms with Crippen LogP contribution in [0.3, 0.4) is 0 Å². The predicted molar refractivity (Wildman–Crippen MR) is 111 cm³/mol. The van der Waals surface area contributed by atoms with Gasteiger partial charge in [-0.3, -0.25) is 14.6 Å². The molecule has 0 spiro atoms. The number of carbonyl (C=O) groups excluding carboxylic acids is 2. The third kappa shape index (κ3) is 4.90. The molecule has 1 amide bonds. The molecule has 2 N–H and O–H groups in total. The second-order valence-corrected chi connectivity index (χ2v) is 6.21. The van der Waals surface area contributed by atoms with E-state index in [1.54, 1.807) is 55.6 Å². The zero-order valence-electron chi connectivity index (χ0n) is 16.4. The van der Waals surface area contributed by atoms with Crippen molar-refractivity contribution in [2.45, 2.75) is 6.92 Å².